The summed E-state index contributed by atoms with van der Waals surface area (Å²) in [4.78, 5) is 14.3. The van der Waals surface area contributed by atoms with Crippen molar-refractivity contribution in [2.45, 2.75) is 64.1 Å². The summed E-state index contributed by atoms with van der Waals surface area (Å²) in [6, 6.07) is 0.331. The van der Waals surface area contributed by atoms with E-state index < -0.39 is 6.10 Å². The molecule has 1 aliphatic heterocycles. The van der Waals surface area contributed by atoms with Crippen LogP contribution in [0.2, 0.25) is 0 Å². The molecule has 116 valence electrons. The Bertz CT molecular complexity index is 322. The topological polar surface area (TPSA) is 61.8 Å². The molecule has 0 radical (unpaired) electrons. The molecule has 4 atom stereocenters. The van der Waals surface area contributed by atoms with Crippen molar-refractivity contribution in [2.24, 2.45) is 5.92 Å². The number of hydrogen-bond acceptors (Lipinski definition) is 3. The average molecular weight is 284 g/mol. The number of carbonyl (C=O) groups excluding carboxylic acids is 1. The number of hydrogen-bond donors (Lipinski definition) is 2. The average Bonchev–Trinajstić information content (AvgIpc) is 2.85. The van der Waals surface area contributed by atoms with Crippen LogP contribution < -0.4 is 5.32 Å². The molecule has 0 aromatic heterocycles. The molecular weight excluding hydrogens is 256 g/mol. The number of carbonyl (C=O) groups is 1. The Balaban J connectivity index is 1.91. The number of ether oxygens (including phenoxy) is 1. The second kappa shape index (κ2) is 7.27. The lowest BCUT2D eigenvalue weighted by Gasteiger charge is -2.37. The molecule has 2 rings (SSSR count). The van der Waals surface area contributed by atoms with Crippen LogP contribution in [0.5, 0.6) is 0 Å². The van der Waals surface area contributed by atoms with E-state index in [9.17, 15) is 9.90 Å². The Morgan fingerprint density at radius 1 is 1.50 bits per heavy atom. The maximum Gasteiger partial charge on any atom is 0.318 e. The molecule has 0 aromatic rings. The Morgan fingerprint density at radius 3 is 3.00 bits per heavy atom. The van der Waals surface area contributed by atoms with Gasteiger partial charge >= 0.3 is 6.03 Å². The molecule has 5 heteroatoms. The number of nitrogens with one attached hydrogen (secondary N) is 1. The highest BCUT2D eigenvalue weighted by Crippen LogP contribution is 2.28. The van der Waals surface area contributed by atoms with Crippen LogP contribution in [0.25, 0.3) is 0 Å². The van der Waals surface area contributed by atoms with Crippen LogP contribution >= 0.6 is 0 Å². The third-order valence-corrected chi connectivity index (χ3v) is 4.59. The maximum atomic E-state index is 12.5. The first kappa shape index (κ1) is 15.6. The molecule has 5 nitrogen and oxygen atoms in total. The highest BCUT2D eigenvalue weighted by Gasteiger charge is 2.32. The summed E-state index contributed by atoms with van der Waals surface area (Å²) in [5.74, 6) is 0.621. The number of urea groups is 1. The van der Waals surface area contributed by atoms with Crippen molar-refractivity contribution < 1.29 is 14.6 Å². The predicted octanol–water partition coefficient (Wildman–Crippen LogP) is 1.75. The van der Waals surface area contributed by atoms with Crippen LogP contribution in [0, 0.1) is 5.92 Å². The van der Waals surface area contributed by atoms with E-state index in [2.05, 4.69) is 12.2 Å². The Hall–Kier alpha value is -0.810. The number of amides is 2. The molecule has 0 aromatic carbocycles. The Labute approximate surface area is 121 Å². The first-order valence-electron chi connectivity index (χ1n) is 7.94. The van der Waals surface area contributed by atoms with E-state index in [1.807, 2.05) is 4.90 Å². The highest BCUT2D eigenvalue weighted by molar-refractivity contribution is 5.75. The molecule has 2 fully saturated rings. The number of morpholine rings is 1. The number of rotatable bonds is 4. The summed E-state index contributed by atoms with van der Waals surface area (Å²) in [7, 11) is 0. The van der Waals surface area contributed by atoms with Crippen LogP contribution in [-0.4, -0.2) is 54.0 Å². The van der Waals surface area contributed by atoms with Gasteiger partial charge in [-0.2, -0.15) is 0 Å². The van der Waals surface area contributed by atoms with Crippen LogP contribution in [0.3, 0.4) is 0 Å². The van der Waals surface area contributed by atoms with E-state index in [4.69, 9.17) is 4.74 Å². The molecule has 1 saturated heterocycles. The van der Waals surface area contributed by atoms with Gasteiger partial charge in [-0.25, -0.2) is 4.79 Å². The van der Waals surface area contributed by atoms with Crippen molar-refractivity contribution >= 4 is 6.03 Å². The highest BCUT2D eigenvalue weighted by atomic mass is 16.5. The van der Waals surface area contributed by atoms with Crippen LogP contribution in [0.4, 0.5) is 4.79 Å². The molecule has 0 spiro atoms. The third kappa shape index (κ3) is 3.85. The van der Waals surface area contributed by atoms with Crippen molar-refractivity contribution in [2.75, 3.05) is 19.8 Å². The largest absolute Gasteiger partial charge is 0.393 e. The van der Waals surface area contributed by atoms with Gasteiger partial charge in [0, 0.05) is 12.6 Å². The van der Waals surface area contributed by atoms with Gasteiger partial charge in [0.15, 0.2) is 0 Å². The molecule has 1 saturated carbocycles. The van der Waals surface area contributed by atoms with Gasteiger partial charge in [-0.1, -0.05) is 19.8 Å². The fraction of sp³-hybridized carbons (Fsp3) is 0.933. The summed E-state index contributed by atoms with van der Waals surface area (Å²) in [6.07, 6.45) is 4.83. The van der Waals surface area contributed by atoms with Crippen LogP contribution in [-0.2, 0) is 4.74 Å². The van der Waals surface area contributed by atoms with Crippen molar-refractivity contribution in [1.82, 2.24) is 10.2 Å². The van der Waals surface area contributed by atoms with E-state index in [0.29, 0.717) is 38.1 Å². The lowest BCUT2D eigenvalue weighted by Crippen LogP contribution is -2.55. The monoisotopic (exact) mass is 284 g/mol. The van der Waals surface area contributed by atoms with Gasteiger partial charge in [-0.15, -0.1) is 0 Å². The van der Waals surface area contributed by atoms with Crippen molar-refractivity contribution in [3.8, 4) is 0 Å². The molecule has 2 N–H and O–H groups in total. The Morgan fingerprint density at radius 2 is 2.30 bits per heavy atom. The minimum Gasteiger partial charge on any atom is -0.393 e. The molecule has 2 aliphatic rings. The van der Waals surface area contributed by atoms with E-state index >= 15 is 0 Å². The fourth-order valence-electron chi connectivity index (χ4n) is 3.47. The SMILES string of the molecule is CC[C@@H]1CCC[C@@H]1NC(=O)N1CCOC[C@@H]1C[C@H](C)O. The van der Waals surface area contributed by atoms with Gasteiger partial charge in [-0.3, -0.25) is 0 Å². The summed E-state index contributed by atoms with van der Waals surface area (Å²) in [5.41, 5.74) is 0. The van der Waals surface area contributed by atoms with Crippen molar-refractivity contribution in [1.29, 1.82) is 0 Å². The summed E-state index contributed by atoms with van der Waals surface area (Å²) in [5, 5.41) is 12.8. The normalized spacial score (nSPS) is 32.1. The molecule has 1 heterocycles. The first-order chi connectivity index (χ1) is 9.61. The first-order valence-corrected chi connectivity index (χ1v) is 7.94. The summed E-state index contributed by atoms with van der Waals surface area (Å²) >= 11 is 0. The van der Waals surface area contributed by atoms with Gasteiger partial charge < -0.3 is 20.1 Å². The molecule has 0 unspecified atom stereocenters. The Kier molecular flexibility index (Phi) is 5.66. The number of aliphatic hydroxyl groups excluding tert-OH is 1. The smallest absolute Gasteiger partial charge is 0.318 e. The summed E-state index contributed by atoms with van der Waals surface area (Å²) < 4.78 is 5.44. The van der Waals surface area contributed by atoms with Gasteiger partial charge in [0.05, 0.1) is 25.4 Å². The minimum absolute atomic E-state index is 0.00905. The van der Waals surface area contributed by atoms with Gasteiger partial charge in [0.1, 0.15) is 0 Å². The second-order valence-electron chi connectivity index (χ2n) is 6.16. The zero-order valence-electron chi connectivity index (χ0n) is 12.7. The van der Waals surface area contributed by atoms with Crippen LogP contribution in [0.15, 0.2) is 0 Å². The zero-order chi connectivity index (χ0) is 14.5. The minimum atomic E-state index is -0.410. The molecule has 2 amide bonds. The standard InChI is InChI=1S/C15H28N2O3/c1-3-12-5-4-6-14(12)16-15(19)17-7-8-20-10-13(17)9-11(2)18/h11-14,18H,3-10H2,1-2H3,(H,16,19)/t11-,12+,13-,14-/m0/s1. The lowest BCUT2D eigenvalue weighted by molar-refractivity contribution is -0.00504. The second-order valence-corrected chi connectivity index (χ2v) is 6.16. The maximum absolute atomic E-state index is 12.5. The summed E-state index contributed by atoms with van der Waals surface area (Å²) in [6.45, 7) is 5.69. The van der Waals surface area contributed by atoms with E-state index in [-0.39, 0.29) is 12.1 Å². The lowest BCUT2D eigenvalue weighted by atomic mass is 10.0. The van der Waals surface area contributed by atoms with E-state index in [1.165, 1.54) is 12.8 Å². The van der Waals surface area contributed by atoms with Gasteiger partial charge in [0.25, 0.3) is 0 Å². The number of aliphatic hydroxyl groups is 1. The third-order valence-electron chi connectivity index (χ3n) is 4.59. The fourth-order valence-corrected chi connectivity index (χ4v) is 3.47. The zero-order valence-corrected chi connectivity index (χ0v) is 12.7. The molecular formula is C15H28N2O3. The van der Waals surface area contributed by atoms with E-state index in [0.717, 1.165) is 12.8 Å². The van der Waals surface area contributed by atoms with Crippen LogP contribution in [0.1, 0.15) is 46.0 Å². The number of nitrogens with zero attached hydrogens (tertiary/aromatic N) is 1. The molecule has 1 aliphatic carbocycles. The van der Waals surface area contributed by atoms with Gasteiger partial charge in [0.2, 0.25) is 0 Å². The van der Waals surface area contributed by atoms with Gasteiger partial charge in [-0.05, 0) is 32.1 Å². The predicted molar refractivity (Wildman–Crippen MR) is 77.6 cm³/mol. The van der Waals surface area contributed by atoms with Crippen molar-refractivity contribution in [3.05, 3.63) is 0 Å². The quantitative estimate of drug-likeness (QED) is 0.826. The van der Waals surface area contributed by atoms with E-state index in [1.54, 1.807) is 6.92 Å². The van der Waals surface area contributed by atoms with Crippen molar-refractivity contribution in [3.63, 3.8) is 0 Å². The molecule has 0 bridgehead atoms. The molecule has 20 heavy (non-hydrogen) atoms.